The van der Waals surface area contributed by atoms with Gasteiger partial charge in [0.15, 0.2) is 11.0 Å². The number of carbonyl (C=O) groups is 1. The van der Waals surface area contributed by atoms with E-state index in [2.05, 4.69) is 20.3 Å². The van der Waals surface area contributed by atoms with Crippen LogP contribution in [-0.2, 0) is 0 Å². The summed E-state index contributed by atoms with van der Waals surface area (Å²) in [7, 11) is 0. The maximum Gasteiger partial charge on any atom is 0.262 e. The van der Waals surface area contributed by atoms with Crippen molar-refractivity contribution in [2.45, 2.75) is 0 Å². The van der Waals surface area contributed by atoms with Crippen molar-refractivity contribution in [2.75, 3.05) is 5.32 Å². The Balaban J connectivity index is 1.98. The number of nitrogens with one attached hydrogen (secondary N) is 2. The summed E-state index contributed by atoms with van der Waals surface area (Å²) in [5, 5.41) is 2.56. The van der Waals surface area contributed by atoms with Gasteiger partial charge in [-0.25, -0.2) is 9.97 Å². The fraction of sp³-hybridized carbons (Fsp3) is 0. The summed E-state index contributed by atoms with van der Waals surface area (Å²) in [6.07, 6.45) is 1.45. The van der Waals surface area contributed by atoms with Gasteiger partial charge in [0, 0.05) is 6.20 Å². The number of rotatable bonds is 2. The standard InChI is InChI=1S/C14H9ClN4O2/c15-11-12(18-10-6-2-1-5-9(10)17-11)19-14(21)8-4-3-7-16-13(8)20/h1-7H,(H,16,20)(H,18,19,21). The summed E-state index contributed by atoms with van der Waals surface area (Å²) in [5.74, 6) is -0.480. The molecule has 2 heterocycles. The van der Waals surface area contributed by atoms with E-state index in [0.717, 1.165) is 0 Å². The van der Waals surface area contributed by atoms with Crippen LogP contribution in [0.25, 0.3) is 11.0 Å². The molecule has 7 heteroatoms. The number of fused-ring (bicyclic) bond motifs is 1. The van der Waals surface area contributed by atoms with Crippen LogP contribution in [0.5, 0.6) is 0 Å². The molecule has 0 saturated carbocycles. The van der Waals surface area contributed by atoms with E-state index in [0.29, 0.717) is 11.0 Å². The van der Waals surface area contributed by atoms with E-state index < -0.39 is 11.5 Å². The van der Waals surface area contributed by atoms with Gasteiger partial charge in [0.05, 0.1) is 11.0 Å². The smallest absolute Gasteiger partial charge is 0.262 e. The van der Waals surface area contributed by atoms with Gasteiger partial charge < -0.3 is 10.3 Å². The number of benzene rings is 1. The maximum absolute atomic E-state index is 12.1. The molecule has 104 valence electrons. The van der Waals surface area contributed by atoms with Gasteiger partial charge in [0.1, 0.15) is 5.56 Å². The molecule has 2 N–H and O–H groups in total. The zero-order valence-electron chi connectivity index (χ0n) is 10.6. The minimum Gasteiger partial charge on any atom is -0.328 e. The number of hydrogen-bond donors (Lipinski definition) is 2. The van der Waals surface area contributed by atoms with Crippen molar-refractivity contribution in [3.8, 4) is 0 Å². The topological polar surface area (TPSA) is 87.7 Å². The number of pyridine rings is 1. The molecule has 0 unspecified atom stereocenters. The van der Waals surface area contributed by atoms with Crippen LogP contribution < -0.4 is 10.9 Å². The van der Waals surface area contributed by atoms with E-state index in [1.165, 1.54) is 12.3 Å². The van der Waals surface area contributed by atoms with Crippen LogP contribution in [0.2, 0.25) is 5.15 Å². The lowest BCUT2D eigenvalue weighted by atomic mass is 10.2. The molecule has 0 atom stereocenters. The van der Waals surface area contributed by atoms with Crippen molar-refractivity contribution in [1.29, 1.82) is 0 Å². The Kier molecular flexibility index (Phi) is 3.37. The van der Waals surface area contributed by atoms with E-state index in [1.807, 2.05) is 6.07 Å². The lowest BCUT2D eigenvalue weighted by molar-refractivity contribution is 0.102. The van der Waals surface area contributed by atoms with Gasteiger partial charge in [0.25, 0.3) is 11.5 Å². The molecule has 0 aliphatic heterocycles. The fourth-order valence-corrected chi connectivity index (χ4v) is 2.01. The highest BCUT2D eigenvalue weighted by molar-refractivity contribution is 6.32. The third-order valence-corrected chi connectivity index (χ3v) is 3.09. The average molecular weight is 301 g/mol. The fourth-order valence-electron chi connectivity index (χ4n) is 1.83. The lowest BCUT2D eigenvalue weighted by Crippen LogP contribution is -2.23. The third-order valence-electron chi connectivity index (χ3n) is 2.82. The maximum atomic E-state index is 12.1. The Hall–Kier alpha value is -2.73. The van der Waals surface area contributed by atoms with E-state index in [1.54, 1.807) is 24.3 Å². The highest BCUT2D eigenvalue weighted by Gasteiger charge is 2.14. The lowest BCUT2D eigenvalue weighted by Gasteiger charge is -2.06. The second-order valence-electron chi connectivity index (χ2n) is 4.22. The quantitative estimate of drug-likeness (QED) is 0.759. The van der Waals surface area contributed by atoms with Gasteiger partial charge >= 0.3 is 0 Å². The zero-order valence-corrected chi connectivity index (χ0v) is 11.4. The van der Waals surface area contributed by atoms with Gasteiger partial charge in [-0.1, -0.05) is 23.7 Å². The molecule has 0 bridgehead atoms. The first-order valence-corrected chi connectivity index (χ1v) is 6.44. The molecule has 6 nitrogen and oxygen atoms in total. The highest BCUT2D eigenvalue weighted by Crippen LogP contribution is 2.21. The Morgan fingerprint density at radius 1 is 1.10 bits per heavy atom. The Bertz CT molecular complexity index is 891. The molecule has 0 fully saturated rings. The number of amides is 1. The van der Waals surface area contributed by atoms with E-state index >= 15 is 0 Å². The van der Waals surface area contributed by atoms with Crippen LogP contribution in [0.3, 0.4) is 0 Å². The molecule has 0 aliphatic rings. The third kappa shape index (κ3) is 2.61. The first kappa shape index (κ1) is 13.3. The Labute approximate surface area is 123 Å². The second kappa shape index (κ2) is 5.34. The SMILES string of the molecule is O=C(Nc1nc2ccccc2nc1Cl)c1ccc[nH]c1=O. The monoisotopic (exact) mass is 300 g/mol. The predicted octanol–water partition coefficient (Wildman–Crippen LogP) is 2.22. The van der Waals surface area contributed by atoms with Crippen LogP contribution in [0.1, 0.15) is 10.4 Å². The van der Waals surface area contributed by atoms with Gasteiger partial charge in [-0.3, -0.25) is 9.59 Å². The molecule has 21 heavy (non-hydrogen) atoms. The molecule has 1 amide bonds. The molecule has 0 aliphatic carbocycles. The largest absolute Gasteiger partial charge is 0.328 e. The minimum atomic E-state index is -0.594. The van der Waals surface area contributed by atoms with Crippen molar-refractivity contribution in [2.24, 2.45) is 0 Å². The van der Waals surface area contributed by atoms with Crippen molar-refractivity contribution < 1.29 is 4.79 Å². The van der Waals surface area contributed by atoms with Crippen molar-refractivity contribution in [1.82, 2.24) is 15.0 Å². The molecule has 3 rings (SSSR count). The minimum absolute atomic E-state index is 0.0245. The van der Waals surface area contributed by atoms with Crippen molar-refractivity contribution >= 4 is 34.4 Å². The van der Waals surface area contributed by atoms with Crippen molar-refractivity contribution in [3.63, 3.8) is 0 Å². The number of halogens is 1. The summed E-state index contributed by atoms with van der Waals surface area (Å²) >= 11 is 6.00. The van der Waals surface area contributed by atoms with Gasteiger partial charge in [-0.15, -0.1) is 0 Å². The molecular weight excluding hydrogens is 292 g/mol. The average Bonchev–Trinajstić information content (AvgIpc) is 2.48. The Morgan fingerprint density at radius 3 is 2.52 bits per heavy atom. The van der Waals surface area contributed by atoms with Gasteiger partial charge in [-0.2, -0.15) is 0 Å². The second-order valence-corrected chi connectivity index (χ2v) is 4.58. The first-order chi connectivity index (χ1) is 10.1. The van der Waals surface area contributed by atoms with E-state index in [-0.39, 0.29) is 16.5 Å². The highest BCUT2D eigenvalue weighted by atomic mass is 35.5. The van der Waals surface area contributed by atoms with Crippen LogP contribution in [0.15, 0.2) is 47.4 Å². The number of aromatic amines is 1. The molecular formula is C14H9ClN4O2. The number of hydrogen-bond acceptors (Lipinski definition) is 4. The molecule has 2 aromatic heterocycles. The van der Waals surface area contributed by atoms with E-state index in [4.69, 9.17) is 11.6 Å². The van der Waals surface area contributed by atoms with Gasteiger partial charge in [0.2, 0.25) is 0 Å². The van der Waals surface area contributed by atoms with Gasteiger partial charge in [-0.05, 0) is 24.3 Å². The van der Waals surface area contributed by atoms with Crippen LogP contribution >= 0.6 is 11.6 Å². The van der Waals surface area contributed by atoms with Crippen LogP contribution in [-0.4, -0.2) is 20.9 Å². The number of aromatic nitrogens is 3. The normalized spacial score (nSPS) is 10.5. The molecule has 3 aromatic rings. The molecule has 0 spiro atoms. The summed E-state index contributed by atoms with van der Waals surface area (Å²) in [4.78, 5) is 34.4. The Morgan fingerprint density at radius 2 is 1.81 bits per heavy atom. The number of carbonyl (C=O) groups excluding carboxylic acids is 1. The zero-order chi connectivity index (χ0) is 14.8. The number of H-pyrrole nitrogens is 1. The summed E-state index contributed by atoms with van der Waals surface area (Å²) in [6.45, 7) is 0. The number of nitrogens with zero attached hydrogens (tertiary/aromatic N) is 2. The summed E-state index contributed by atoms with van der Waals surface area (Å²) in [5.41, 5.74) is 0.709. The first-order valence-electron chi connectivity index (χ1n) is 6.06. The van der Waals surface area contributed by atoms with E-state index in [9.17, 15) is 9.59 Å². The molecule has 0 saturated heterocycles. The number of para-hydroxylation sites is 2. The van der Waals surface area contributed by atoms with Crippen LogP contribution in [0, 0.1) is 0 Å². The summed E-state index contributed by atoms with van der Waals surface area (Å²) in [6, 6.07) is 10.1. The molecule has 0 radical (unpaired) electrons. The number of anilines is 1. The molecule has 1 aromatic carbocycles. The summed E-state index contributed by atoms with van der Waals surface area (Å²) < 4.78 is 0. The van der Waals surface area contributed by atoms with Crippen molar-refractivity contribution in [3.05, 3.63) is 63.7 Å². The van der Waals surface area contributed by atoms with Crippen LogP contribution in [0.4, 0.5) is 5.82 Å². The predicted molar refractivity (Wildman–Crippen MR) is 79.6 cm³/mol.